The maximum Gasteiger partial charge on any atom is 0.184 e. The first kappa shape index (κ1) is 21.0. The summed E-state index contributed by atoms with van der Waals surface area (Å²) < 4.78 is 24.8. The Morgan fingerprint density at radius 1 is 1.21 bits per heavy atom. The van der Waals surface area contributed by atoms with Gasteiger partial charge in [0.05, 0.1) is 24.4 Å². The van der Waals surface area contributed by atoms with Crippen LogP contribution in [0.1, 0.15) is 43.0 Å². The van der Waals surface area contributed by atoms with E-state index in [2.05, 4.69) is 17.2 Å². The first-order valence-corrected chi connectivity index (χ1v) is 10.4. The zero-order valence-electron chi connectivity index (χ0n) is 16.8. The third-order valence-electron chi connectivity index (χ3n) is 4.83. The van der Waals surface area contributed by atoms with Gasteiger partial charge < -0.3 is 14.8 Å². The number of hydrogen-bond acceptors (Lipinski definition) is 6. The molecule has 1 aromatic heterocycles. The molecule has 0 fully saturated rings. The number of nitrogens with one attached hydrogen (secondary N) is 1. The molecule has 154 valence electrons. The van der Waals surface area contributed by atoms with E-state index in [0.29, 0.717) is 23.5 Å². The van der Waals surface area contributed by atoms with Crippen molar-refractivity contribution in [3.63, 3.8) is 0 Å². The fourth-order valence-electron chi connectivity index (χ4n) is 3.27. The number of hydrogen-bond donors (Lipinski definition) is 1. The Morgan fingerprint density at radius 2 is 1.93 bits per heavy atom. The second-order valence-corrected chi connectivity index (χ2v) is 7.76. The van der Waals surface area contributed by atoms with E-state index in [9.17, 15) is 9.18 Å². The van der Waals surface area contributed by atoms with E-state index < -0.39 is 0 Å². The highest BCUT2D eigenvalue weighted by Gasteiger charge is 2.18. The number of methoxy groups -OCH3 is 2. The van der Waals surface area contributed by atoms with Gasteiger partial charge >= 0.3 is 0 Å². The van der Waals surface area contributed by atoms with Gasteiger partial charge in [-0.15, -0.1) is 0 Å². The molecule has 0 saturated heterocycles. The van der Waals surface area contributed by atoms with E-state index in [1.165, 1.54) is 23.5 Å². The van der Waals surface area contributed by atoms with Crippen LogP contribution in [0.15, 0.2) is 36.4 Å². The molecule has 7 heteroatoms. The van der Waals surface area contributed by atoms with Crippen molar-refractivity contribution in [3.05, 3.63) is 47.8 Å². The number of rotatable bonds is 10. The zero-order chi connectivity index (χ0) is 20.8. The van der Waals surface area contributed by atoms with E-state index >= 15 is 0 Å². The molecule has 0 radical (unpaired) electrons. The number of anilines is 1. The van der Waals surface area contributed by atoms with Crippen molar-refractivity contribution in [3.8, 4) is 11.5 Å². The number of ether oxygens (including phenoxy) is 2. The van der Waals surface area contributed by atoms with Crippen molar-refractivity contribution >= 4 is 32.5 Å². The van der Waals surface area contributed by atoms with Gasteiger partial charge in [-0.3, -0.25) is 4.79 Å². The van der Waals surface area contributed by atoms with E-state index in [1.54, 1.807) is 38.5 Å². The molecule has 1 atom stereocenters. The highest BCUT2D eigenvalue weighted by atomic mass is 32.1. The smallest absolute Gasteiger partial charge is 0.184 e. The van der Waals surface area contributed by atoms with Gasteiger partial charge in [-0.25, -0.2) is 9.37 Å². The zero-order valence-corrected chi connectivity index (χ0v) is 17.6. The van der Waals surface area contributed by atoms with Crippen LogP contribution in [0.4, 0.5) is 9.52 Å². The SMILES string of the molecule is CC[C@@H](CCCC(=O)c1c(OC)cccc1OC)Nc1nc2ccc(F)cc2s1. The quantitative estimate of drug-likeness (QED) is 0.430. The molecule has 29 heavy (non-hydrogen) atoms. The van der Waals surface area contributed by atoms with E-state index in [0.717, 1.165) is 34.6 Å². The van der Waals surface area contributed by atoms with Crippen molar-refractivity contribution in [2.45, 2.75) is 38.6 Å². The molecule has 2 aromatic carbocycles. The van der Waals surface area contributed by atoms with Crippen LogP contribution < -0.4 is 14.8 Å². The van der Waals surface area contributed by atoms with Crippen molar-refractivity contribution in [2.75, 3.05) is 19.5 Å². The summed E-state index contributed by atoms with van der Waals surface area (Å²) in [5.41, 5.74) is 1.28. The minimum atomic E-state index is -0.259. The number of aromatic nitrogens is 1. The Kier molecular flexibility index (Phi) is 7.04. The molecule has 1 heterocycles. The van der Waals surface area contributed by atoms with Crippen molar-refractivity contribution < 1.29 is 18.7 Å². The lowest BCUT2D eigenvalue weighted by molar-refractivity contribution is 0.0972. The fraction of sp³-hybridized carbons (Fsp3) is 0.364. The maximum atomic E-state index is 13.4. The average Bonchev–Trinajstić information content (AvgIpc) is 3.13. The standard InChI is InChI=1S/C22H25FN2O3S/c1-4-15(24-22-25-16-12-11-14(23)13-20(16)29-22)7-5-8-17(26)21-18(27-2)9-6-10-19(21)28-3/h6,9-13,15H,4-5,7-8H2,1-3H3,(H,24,25)/t15-/m0/s1. The summed E-state index contributed by atoms with van der Waals surface area (Å²) >= 11 is 1.44. The predicted octanol–water partition coefficient (Wildman–Crippen LogP) is 5.70. The molecule has 0 saturated carbocycles. The molecule has 0 aliphatic rings. The third kappa shape index (κ3) is 5.03. The molecule has 3 rings (SSSR count). The first-order chi connectivity index (χ1) is 14.0. The van der Waals surface area contributed by atoms with Gasteiger partial charge in [-0.2, -0.15) is 0 Å². The number of carbonyl (C=O) groups excluding carboxylic acids is 1. The summed E-state index contributed by atoms with van der Waals surface area (Å²) in [6.07, 6.45) is 2.85. The summed E-state index contributed by atoms with van der Waals surface area (Å²) in [6.45, 7) is 2.09. The summed E-state index contributed by atoms with van der Waals surface area (Å²) in [6, 6.07) is 10.1. The van der Waals surface area contributed by atoms with Crippen LogP contribution in [0.5, 0.6) is 11.5 Å². The number of halogens is 1. The lowest BCUT2D eigenvalue weighted by atomic mass is 10.0. The second-order valence-electron chi connectivity index (χ2n) is 6.73. The number of carbonyl (C=O) groups is 1. The van der Waals surface area contributed by atoms with Gasteiger partial charge in [-0.05, 0) is 49.6 Å². The second kappa shape index (κ2) is 9.69. The van der Waals surface area contributed by atoms with E-state index in [-0.39, 0.29) is 17.6 Å². The summed E-state index contributed by atoms with van der Waals surface area (Å²) in [4.78, 5) is 17.3. The molecule has 0 bridgehead atoms. The minimum absolute atomic E-state index is 0.00427. The molecule has 0 amide bonds. The van der Waals surface area contributed by atoms with Gasteiger partial charge in [0.1, 0.15) is 22.9 Å². The Morgan fingerprint density at radius 3 is 2.59 bits per heavy atom. The largest absolute Gasteiger partial charge is 0.496 e. The highest BCUT2D eigenvalue weighted by molar-refractivity contribution is 7.22. The van der Waals surface area contributed by atoms with Crippen LogP contribution in [-0.2, 0) is 0 Å². The van der Waals surface area contributed by atoms with Gasteiger partial charge in [0.15, 0.2) is 10.9 Å². The van der Waals surface area contributed by atoms with E-state index in [4.69, 9.17) is 9.47 Å². The van der Waals surface area contributed by atoms with Crippen LogP contribution in [-0.4, -0.2) is 31.0 Å². The number of ketones is 1. The number of benzene rings is 2. The Balaban J connectivity index is 1.60. The van der Waals surface area contributed by atoms with Crippen molar-refractivity contribution in [1.29, 1.82) is 0 Å². The number of nitrogens with zero attached hydrogens (tertiary/aromatic N) is 1. The van der Waals surface area contributed by atoms with Gasteiger partial charge in [0.2, 0.25) is 0 Å². The van der Waals surface area contributed by atoms with Gasteiger partial charge in [0, 0.05) is 12.5 Å². The highest BCUT2D eigenvalue weighted by Crippen LogP contribution is 2.31. The normalized spacial score (nSPS) is 12.0. The fourth-order valence-corrected chi connectivity index (χ4v) is 4.24. The molecule has 5 nitrogen and oxygen atoms in total. The molecular weight excluding hydrogens is 391 g/mol. The number of fused-ring (bicyclic) bond motifs is 1. The lowest BCUT2D eigenvalue weighted by Gasteiger charge is -2.16. The predicted molar refractivity (Wildman–Crippen MR) is 115 cm³/mol. The molecular formula is C22H25FN2O3S. The van der Waals surface area contributed by atoms with Crippen LogP contribution in [0.25, 0.3) is 10.2 Å². The Hall–Kier alpha value is -2.67. The Bertz CT molecular complexity index is 967. The molecule has 0 unspecified atom stereocenters. The lowest BCUT2D eigenvalue weighted by Crippen LogP contribution is -2.18. The number of thiazole rings is 1. The van der Waals surface area contributed by atoms with Gasteiger partial charge in [-0.1, -0.05) is 24.3 Å². The Labute approximate surface area is 173 Å². The molecule has 1 N–H and O–H groups in total. The monoisotopic (exact) mass is 416 g/mol. The average molecular weight is 417 g/mol. The van der Waals surface area contributed by atoms with Crippen LogP contribution in [0, 0.1) is 5.82 Å². The first-order valence-electron chi connectivity index (χ1n) is 9.62. The molecule has 0 aliphatic carbocycles. The summed E-state index contributed by atoms with van der Waals surface area (Å²) in [5, 5.41) is 4.19. The summed E-state index contributed by atoms with van der Waals surface area (Å²) in [5.74, 6) is 0.803. The van der Waals surface area contributed by atoms with Crippen molar-refractivity contribution in [2.24, 2.45) is 0 Å². The van der Waals surface area contributed by atoms with Crippen LogP contribution >= 0.6 is 11.3 Å². The van der Waals surface area contributed by atoms with Crippen molar-refractivity contribution in [1.82, 2.24) is 4.98 Å². The van der Waals surface area contributed by atoms with E-state index in [1.807, 2.05) is 0 Å². The molecule has 3 aromatic rings. The topological polar surface area (TPSA) is 60.5 Å². The maximum absolute atomic E-state index is 13.4. The minimum Gasteiger partial charge on any atom is -0.496 e. The molecule has 0 aliphatic heterocycles. The number of Topliss-reactive ketones (excluding diaryl/α,β-unsaturated/α-hetero) is 1. The molecule has 0 spiro atoms. The third-order valence-corrected chi connectivity index (χ3v) is 5.78. The van der Waals surface area contributed by atoms with Gasteiger partial charge in [0.25, 0.3) is 0 Å². The van der Waals surface area contributed by atoms with Crippen LogP contribution in [0.2, 0.25) is 0 Å². The van der Waals surface area contributed by atoms with Crippen LogP contribution in [0.3, 0.4) is 0 Å². The summed E-state index contributed by atoms with van der Waals surface area (Å²) in [7, 11) is 3.10.